The number of anilines is 1. The van der Waals surface area contributed by atoms with Crippen LogP contribution in [0.4, 0.5) is 5.69 Å². The predicted octanol–water partition coefficient (Wildman–Crippen LogP) is 3.45. The Kier molecular flexibility index (Phi) is 3.85. The molecular formula is C20H15N3O3. The van der Waals surface area contributed by atoms with Crippen LogP contribution >= 0.6 is 0 Å². The molecule has 1 amide bonds. The van der Waals surface area contributed by atoms with Crippen LogP contribution in [0.1, 0.15) is 10.5 Å². The van der Waals surface area contributed by atoms with E-state index in [0.717, 1.165) is 5.39 Å². The molecule has 0 atom stereocenters. The Hall–Kier alpha value is -3.67. The number of carbonyl (C=O) groups is 1. The fourth-order valence-corrected chi connectivity index (χ4v) is 2.97. The second-order valence-electron chi connectivity index (χ2n) is 5.80. The first-order valence-electron chi connectivity index (χ1n) is 8.06. The highest BCUT2D eigenvalue weighted by molar-refractivity contribution is 6.10. The van der Waals surface area contributed by atoms with E-state index in [1.807, 2.05) is 30.3 Å². The lowest BCUT2D eigenvalue weighted by atomic mass is 10.1. The first kappa shape index (κ1) is 15.8. The Labute approximate surface area is 148 Å². The van der Waals surface area contributed by atoms with Crippen molar-refractivity contribution < 1.29 is 9.32 Å². The van der Waals surface area contributed by atoms with E-state index in [-0.39, 0.29) is 11.3 Å². The number of aromatic nitrogens is 2. The number of fused-ring (bicyclic) bond motifs is 1. The van der Waals surface area contributed by atoms with Gasteiger partial charge in [-0.15, -0.1) is 0 Å². The van der Waals surface area contributed by atoms with Gasteiger partial charge in [-0.1, -0.05) is 48.5 Å². The van der Waals surface area contributed by atoms with Gasteiger partial charge < -0.3 is 9.84 Å². The number of hydrogen-bond acceptors (Lipinski definition) is 4. The summed E-state index contributed by atoms with van der Waals surface area (Å²) in [5, 5.41) is 3.76. The number of nitrogens with zero attached hydrogens (tertiary/aromatic N) is 2. The summed E-state index contributed by atoms with van der Waals surface area (Å²) in [7, 11) is 1.53. The van der Waals surface area contributed by atoms with Gasteiger partial charge in [0.2, 0.25) is 0 Å². The van der Waals surface area contributed by atoms with Crippen LogP contribution in [0.3, 0.4) is 0 Å². The third kappa shape index (κ3) is 2.67. The molecule has 2 aromatic carbocycles. The van der Waals surface area contributed by atoms with Gasteiger partial charge in [-0.05, 0) is 17.7 Å². The summed E-state index contributed by atoms with van der Waals surface area (Å²) in [4.78, 5) is 29.5. The molecule has 0 saturated heterocycles. The molecular weight excluding hydrogens is 330 g/mol. The molecule has 0 saturated carbocycles. The molecule has 26 heavy (non-hydrogen) atoms. The van der Waals surface area contributed by atoms with E-state index in [9.17, 15) is 9.59 Å². The normalized spacial score (nSPS) is 10.8. The number of pyridine rings is 1. The highest BCUT2D eigenvalue weighted by Crippen LogP contribution is 2.24. The van der Waals surface area contributed by atoms with Crippen molar-refractivity contribution >= 4 is 22.5 Å². The highest BCUT2D eigenvalue weighted by atomic mass is 16.5. The van der Waals surface area contributed by atoms with Crippen LogP contribution in [0.2, 0.25) is 0 Å². The first-order valence-corrected chi connectivity index (χ1v) is 8.06. The van der Waals surface area contributed by atoms with Crippen LogP contribution in [0.5, 0.6) is 0 Å². The fraction of sp³-hybridized carbons (Fsp3) is 0.0500. The van der Waals surface area contributed by atoms with E-state index >= 15 is 0 Å². The average molecular weight is 345 g/mol. The Morgan fingerprint density at radius 2 is 1.81 bits per heavy atom. The van der Waals surface area contributed by atoms with Crippen LogP contribution in [0.25, 0.3) is 22.0 Å². The van der Waals surface area contributed by atoms with Gasteiger partial charge in [-0.2, -0.15) is 0 Å². The quantitative estimate of drug-likeness (QED) is 0.617. The van der Waals surface area contributed by atoms with Gasteiger partial charge in [0.05, 0.1) is 11.2 Å². The Morgan fingerprint density at radius 3 is 2.62 bits per heavy atom. The zero-order valence-electron chi connectivity index (χ0n) is 14.0. The molecule has 4 rings (SSSR count). The van der Waals surface area contributed by atoms with Crippen molar-refractivity contribution in [3.05, 3.63) is 83.0 Å². The summed E-state index contributed by atoms with van der Waals surface area (Å²) in [5.41, 5.74) is 1.72. The molecule has 0 aliphatic heterocycles. The minimum Gasteiger partial charge on any atom is -0.335 e. The Morgan fingerprint density at radius 1 is 1.04 bits per heavy atom. The lowest BCUT2D eigenvalue weighted by Crippen LogP contribution is -2.17. The van der Waals surface area contributed by atoms with Crippen molar-refractivity contribution in [1.29, 1.82) is 0 Å². The SMILES string of the molecule is Cn1oc(=O)c(-c2ccccc2)c1C(=O)Nc1cccc2cccnc12. The number of rotatable bonds is 3. The minimum absolute atomic E-state index is 0.161. The van der Waals surface area contributed by atoms with E-state index < -0.39 is 11.5 Å². The largest absolute Gasteiger partial charge is 0.366 e. The molecule has 0 radical (unpaired) electrons. The van der Waals surface area contributed by atoms with Gasteiger partial charge in [0, 0.05) is 18.6 Å². The van der Waals surface area contributed by atoms with Crippen molar-refractivity contribution in [3.8, 4) is 11.1 Å². The molecule has 128 valence electrons. The molecule has 0 unspecified atom stereocenters. The van der Waals surface area contributed by atoms with Gasteiger partial charge in [0.25, 0.3) is 5.91 Å². The lowest BCUT2D eigenvalue weighted by molar-refractivity contribution is 0.100. The maximum atomic E-state index is 12.9. The van der Waals surface area contributed by atoms with Crippen LogP contribution in [-0.2, 0) is 7.05 Å². The monoisotopic (exact) mass is 345 g/mol. The maximum absolute atomic E-state index is 12.9. The number of benzene rings is 2. The van der Waals surface area contributed by atoms with Gasteiger partial charge >= 0.3 is 5.63 Å². The summed E-state index contributed by atoms with van der Waals surface area (Å²) in [6, 6.07) is 18.3. The molecule has 1 N–H and O–H groups in total. The topological polar surface area (TPSA) is 77.1 Å². The van der Waals surface area contributed by atoms with E-state index in [1.54, 1.807) is 36.5 Å². The van der Waals surface area contributed by atoms with Crippen molar-refractivity contribution in [2.45, 2.75) is 0 Å². The molecule has 2 heterocycles. The molecule has 6 nitrogen and oxygen atoms in total. The third-order valence-corrected chi connectivity index (χ3v) is 4.13. The molecule has 2 aromatic heterocycles. The standard InChI is InChI=1S/C20H15N3O3/c1-23-18(16(20(25)26-23)13-7-3-2-4-8-13)19(24)22-15-11-5-9-14-10-6-12-21-17(14)15/h2-12H,1H3,(H,22,24). The molecule has 4 aromatic rings. The first-order chi connectivity index (χ1) is 12.6. The summed E-state index contributed by atoms with van der Waals surface area (Å²) < 4.78 is 6.32. The van der Waals surface area contributed by atoms with Crippen LogP contribution in [0, 0.1) is 0 Å². The predicted molar refractivity (Wildman–Crippen MR) is 99.1 cm³/mol. The number of hydrogen-bond donors (Lipinski definition) is 1. The smallest absolute Gasteiger partial charge is 0.335 e. The van der Waals surface area contributed by atoms with Crippen LogP contribution in [-0.4, -0.2) is 15.6 Å². The number of carbonyl (C=O) groups excluding carboxylic acids is 1. The Balaban J connectivity index is 1.79. The molecule has 0 spiro atoms. The minimum atomic E-state index is -0.556. The van der Waals surface area contributed by atoms with Gasteiger partial charge in [0.15, 0.2) is 5.69 Å². The van der Waals surface area contributed by atoms with E-state index in [4.69, 9.17) is 4.52 Å². The Bertz CT molecular complexity index is 1150. The van der Waals surface area contributed by atoms with Crippen LogP contribution < -0.4 is 10.9 Å². The maximum Gasteiger partial charge on any atom is 0.366 e. The third-order valence-electron chi connectivity index (χ3n) is 4.13. The van der Waals surface area contributed by atoms with Crippen molar-refractivity contribution in [2.24, 2.45) is 7.05 Å². The number of nitrogens with one attached hydrogen (secondary N) is 1. The van der Waals surface area contributed by atoms with Crippen molar-refractivity contribution in [1.82, 2.24) is 9.72 Å². The van der Waals surface area contributed by atoms with Crippen LogP contribution in [0.15, 0.2) is 76.2 Å². The van der Waals surface area contributed by atoms with E-state index in [1.165, 1.54) is 11.8 Å². The van der Waals surface area contributed by atoms with Crippen molar-refractivity contribution in [2.75, 3.05) is 5.32 Å². The zero-order valence-corrected chi connectivity index (χ0v) is 14.0. The molecule has 0 aliphatic carbocycles. The highest BCUT2D eigenvalue weighted by Gasteiger charge is 2.23. The van der Waals surface area contributed by atoms with Crippen molar-refractivity contribution in [3.63, 3.8) is 0 Å². The number of aryl methyl sites for hydroxylation is 1. The van der Waals surface area contributed by atoms with E-state index in [2.05, 4.69) is 10.3 Å². The number of para-hydroxylation sites is 1. The van der Waals surface area contributed by atoms with E-state index in [0.29, 0.717) is 16.8 Å². The van der Waals surface area contributed by atoms with Gasteiger partial charge in [-0.3, -0.25) is 9.78 Å². The van der Waals surface area contributed by atoms with Gasteiger partial charge in [0.1, 0.15) is 5.56 Å². The number of amides is 1. The summed E-state index contributed by atoms with van der Waals surface area (Å²) in [5.74, 6) is -0.435. The average Bonchev–Trinajstić information content (AvgIpc) is 2.96. The van der Waals surface area contributed by atoms with Gasteiger partial charge in [-0.25, -0.2) is 9.53 Å². The second kappa shape index (κ2) is 6.33. The molecule has 6 heteroatoms. The summed E-state index contributed by atoms with van der Waals surface area (Å²) in [6.07, 6.45) is 1.67. The summed E-state index contributed by atoms with van der Waals surface area (Å²) >= 11 is 0. The molecule has 0 aliphatic rings. The molecule has 0 bridgehead atoms. The fourth-order valence-electron chi connectivity index (χ4n) is 2.97. The molecule has 0 fully saturated rings. The lowest BCUT2D eigenvalue weighted by Gasteiger charge is -2.09. The second-order valence-corrected chi connectivity index (χ2v) is 5.80. The zero-order chi connectivity index (χ0) is 18.1. The summed E-state index contributed by atoms with van der Waals surface area (Å²) in [6.45, 7) is 0.